The van der Waals surface area contributed by atoms with Gasteiger partial charge < -0.3 is 14.8 Å². The van der Waals surface area contributed by atoms with Crippen LogP contribution in [0.3, 0.4) is 0 Å². The number of hydrogen-bond acceptors (Lipinski definition) is 5. The van der Waals surface area contributed by atoms with Gasteiger partial charge in [-0.15, -0.1) is 0 Å². The normalized spacial score (nSPS) is 15.7. The number of benzene rings is 1. The lowest BCUT2D eigenvalue weighted by Gasteiger charge is -2.23. The van der Waals surface area contributed by atoms with Crippen molar-refractivity contribution in [3.8, 4) is 5.75 Å². The number of hydrogen-bond donors (Lipinski definition) is 2. The summed E-state index contributed by atoms with van der Waals surface area (Å²) in [5.41, 5.74) is 0.549. The third kappa shape index (κ3) is 8.28. The molecule has 1 aliphatic carbocycles. The van der Waals surface area contributed by atoms with Crippen molar-refractivity contribution in [2.75, 3.05) is 0 Å². The Kier molecular flexibility index (Phi) is 8.57. The van der Waals surface area contributed by atoms with Gasteiger partial charge in [0, 0.05) is 12.1 Å². The first kappa shape index (κ1) is 22.3. The molecule has 0 bridgehead atoms. The molecule has 0 saturated heterocycles. The number of esters is 1. The highest BCUT2D eigenvalue weighted by atomic mass is 19.3. The first-order valence-electron chi connectivity index (χ1n) is 9.38. The van der Waals surface area contributed by atoms with Crippen LogP contribution in [0.25, 0.3) is 6.08 Å². The van der Waals surface area contributed by atoms with Gasteiger partial charge >= 0.3 is 18.6 Å². The van der Waals surface area contributed by atoms with E-state index in [1.54, 1.807) is 0 Å². The Morgan fingerprint density at radius 1 is 1.10 bits per heavy atom. The number of imide groups is 1. The minimum atomic E-state index is -2.91. The van der Waals surface area contributed by atoms with E-state index in [-0.39, 0.29) is 11.8 Å². The van der Waals surface area contributed by atoms with E-state index < -0.39 is 30.6 Å². The molecule has 0 aliphatic heterocycles. The van der Waals surface area contributed by atoms with Crippen LogP contribution in [0.2, 0.25) is 0 Å². The van der Waals surface area contributed by atoms with E-state index in [1.165, 1.54) is 37.3 Å². The van der Waals surface area contributed by atoms with E-state index in [0.29, 0.717) is 5.56 Å². The van der Waals surface area contributed by atoms with Crippen LogP contribution in [0.15, 0.2) is 30.3 Å². The maximum Gasteiger partial charge on any atom is 0.387 e. The molecule has 1 saturated carbocycles. The SMILES string of the molecule is C[C@@H](OC(=O)/C=C/c1ccc(OC(F)F)cc1)C(=O)NC(=O)NC1CCCCC1. The standard InChI is InChI=1S/C20H24F2N2O5/c1-13(18(26)24-20(27)23-15-5-3-2-4-6-15)28-17(25)12-9-14-7-10-16(11-8-14)29-19(21)22/h7-13,15,19H,2-6H2,1H3,(H2,23,24,26,27)/b12-9+/t13-/m1/s1. The van der Waals surface area contributed by atoms with Crippen molar-refractivity contribution in [2.45, 2.75) is 57.8 Å². The van der Waals surface area contributed by atoms with E-state index in [2.05, 4.69) is 15.4 Å². The Morgan fingerprint density at radius 2 is 1.76 bits per heavy atom. The van der Waals surface area contributed by atoms with Crippen molar-refractivity contribution >= 4 is 24.0 Å². The topological polar surface area (TPSA) is 93.7 Å². The summed E-state index contributed by atoms with van der Waals surface area (Å²) >= 11 is 0. The number of halogens is 2. The number of carbonyl (C=O) groups is 3. The van der Waals surface area contributed by atoms with Crippen LogP contribution in [-0.4, -0.2) is 36.7 Å². The predicted molar refractivity (Wildman–Crippen MR) is 101 cm³/mol. The van der Waals surface area contributed by atoms with Gasteiger partial charge in [0.05, 0.1) is 0 Å². The Morgan fingerprint density at radius 3 is 2.38 bits per heavy atom. The summed E-state index contributed by atoms with van der Waals surface area (Å²) in [4.78, 5) is 35.7. The number of carbonyl (C=O) groups excluding carboxylic acids is 3. The van der Waals surface area contributed by atoms with E-state index in [4.69, 9.17) is 4.74 Å². The molecule has 1 atom stereocenters. The summed E-state index contributed by atoms with van der Waals surface area (Å²) in [6.07, 6.45) is 6.32. The maximum atomic E-state index is 12.1. The number of nitrogens with one attached hydrogen (secondary N) is 2. The number of urea groups is 1. The summed E-state index contributed by atoms with van der Waals surface area (Å²) in [6.45, 7) is -1.56. The van der Waals surface area contributed by atoms with Gasteiger partial charge in [0.1, 0.15) is 5.75 Å². The molecule has 2 rings (SSSR count). The smallest absolute Gasteiger partial charge is 0.387 e. The highest BCUT2D eigenvalue weighted by Gasteiger charge is 2.21. The molecular weight excluding hydrogens is 386 g/mol. The molecule has 0 aromatic heterocycles. The van der Waals surface area contributed by atoms with Crippen LogP contribution in [0, 0.1) is 0 Å². The molecule has 0 radical (unpaired) electrons. The van der Waals surface area contributed by atoms with E-state index in [9.17, 15) is 23.2 Å². The van der Waals surface area contributed by atoms with Crippen molar-refractivity contribution in [1.29, 1.82) is 0 Å². The van der Waals surface area contributed by atoms with Crippen LogP contribution < -0.4 is 15.4 Å². The molecule has 29 heavy (non-hydrogen) atoms. The summed E-state index contributed by atoms with van der Waals surface area (Å²) in [6, 6.07) is 5.07. The molecule has 7 nitrogen and oxygen atoms in total. The molecule has 158 valence electrons. The van der Waals surface area contributed by atoms with Gasteiger partial charge in [0.15, 0.2) is 6.10 Å². The fraction of sp³-hybridized carbons (Fsp3) is 0.450. The summed E-state index contributed by atoms with van der Waals surface area (Å²) in [5.74, 6) is -1.52. The second-order valence-electron chi connectivity index (χ2n) is 6.66. The molecule has 3 amide bonds. The number of alkyl halides is 2. The Hall–Kier alpha value is -2.97. The van der Waals surface area contributed by atoms with Gasteiger partial charge in [-0.1, -0.05) is 31.4 Å². The molecule has 9 heteroatoms. The monoisotopic (exact) mass is 410 g/mol. The van der Waals surface area contributed by atoms with Gasteiger partial charge in [-0.05, 0) is 43.5 Å². The molecule has 1 aromatic rings. The maximum absolute atomic E-state index is 12.1. The molecule has 0 spiro atoms. The average molecular weight is 410 g/mol. The molecule has 1 fully saturated rings. The fourth-order valence-corrected chi connectivity index (χ4v) is 2.87. The van der Waals surface area contributed by atoms with Crippen LogP contribution in [0.5, 0.6) is 5.75 Å². The number of rotatable bonds is 7. The molecule has 0 heterocycles. The Labute approximate surface area is 167 Å². The lowest BCUT2D eigenvalue weighted by Crippen LogP contribution is -2.48. The highest BCUT2D eigenvalue weighted by molar-refractivity contribution is 5.98. The summed E-state index contributed by atoms with van der Waals surface area (Å²) in [5, 5.41) is 4.90. The number of amides is 3. The lowest BCUT2D eigenvalue weighted by atomic mass is 9.96. The van der Waals surface area contributed by atoms with Crippen molar-refractivity contribution in [1.82, 2.24) is 10.6 Å². The van der Waals surface area contributed by atoms with E-state index >= 15 is 0 Å². The van der Waals surface area contributed by atoms with Crippen LogP contribution in [0.1, 0.15) is 44.6 Å². The van der Waals surface area contributed by atoms with Crippen molar-refractivity contribution < 1.29 is 32.6 Å². The first-order chi connectivity index (χ1) is 13.8. The molecule has 0 unspecified atom stereocenters. The van der Waals surface area contributed by atoms with Gasteiger partial charge in [0.2, 0.25) is 0 Å². The zero-order valence-corrected chi connectivity index (χ0v) is 16.0. The fourth-order valence-electron chi connectivity index (χ4n) is 2.87. The average Bonchev–Trinajstić information content (AvgIpc) is 2.67. The van der Waals surface area contributed by atoms with Crippen LogP contribution >= 0.6 is 0 Å². The van der Waals surface area contributed by atoms with Crippen LogP contribution in [0.4, 0.5) is 13.6 Å². The molecular formula is C20H24F2N2O5. The van der Waals surface area contributed by atoms with Crippen LogP contribution in [-0.2, 0) is 14.3 Å². The van der Waals surface area contributed by atoms with Crippen molar-refractivity contribution in [3.63, 3.8) is 0 Å². The third-order valence-electron chi connectivity index (χ3n) is 4.36. The quantitative estimate of drug-likeness (QED) is 0.531. The highest BCUT2D eigenvalue weighted by Crippen LogP contribution is 2.17. The van der Waals surface area contributed by atoms with Gasteiger partial charge in [-0.3, -0.25) is 10.1 Å². The summed E-state index contributed by atoms with van der Waals surface area (Å²) < 4.78 is 33.4. The van der Waals surface area contributed by atoms with Gasteiger partial charge in [0.25, 0.3) is 5.91 Å². The predicted octanol–water partition coefficient (Wildman–Crippen LogP) is 3.39. The van der Waals surface area contributed by atoms with Gasteiger partial charge in [-0.25, -0.2) is 9.59 Å². The molecule has 1 aromatic carbocycles. The zero-order chi connectivity index (χ0) is 21.2. The Balaban J connectivity index is 1.76. The minimum absolute atomic E-state index is 0.00322. The minimum Gasteiger partial charge on any atom is -0.449 e. The van der Waals surface area contributed by atoms with E-state index in [0.717, 1.165) is 38.2 Å². The van der Waals surface area contributed by atoms with Crippen molar-refractivity contribution in [3.05, 3.63) is 35.9 Å². The largest absolute Gasteiger partial charge is 0.449 e. The lowest BCUT2D eigenvalue weighted by molar-refractivity contribution is -0.149. The molecule has 2 N–H and O–H groups in total. The third-order valence-corrected chi connectivity index (χ3v) is 4.36. The van der Waals surface area contributed by atoms with E-state index in [1.807, 2.05) is 0 Å². The van der Waals surface area contributed by atoms with Gasteiger partial charge in [-0.2, -0.15) is 8.78 Å². The molecule has 1 aliphatic rings. The summed E-state index contributed by atoms with van der Waals surface area (Å²) in [7, 11) is 0. The zero-order valence-electron chi connectivity index (χ0n) is 16.0. The Bertz CT molecular complexity index is 731. The second-order valence-corrected chi connectivity index (χ2v) is 6.66. The first-order valence-corrected chi connectivity index (χ1v) is 9.38. The number of ether oxygens (including phenoxy) is 2. The van der Waals surface area contributed by atoms with Crippen molar-refractivity contribution in [2.24, 2.45) is 0 Å². The second kappa shape index (κ2) is 11.1.